The van der Waals surface area contributed by atoms with Crippen LogP contribution in [0.1, 0.15) is 25.0 Å². The van der Waals surface area contributed by atoms with Crippen LogP contribution in [0.25, 0.3) is 0 Å². The van der Waals surface area contributed by atoms with Crippen LogP contribution in [0.2, 0.25) is 0 Å². The molecule has 0 aliphatic heterocycles. The number of benzene rings is 2. The highest BCUT2D eigenvalue weighted by Crippen LogP contribution is 2.19. The molecule has 2 aromatic carbocycles. The third-order valence-electron chi connectivity index (χ3n) is 5.13. The van der Waals surface area contributed by atoms with Crippen LogP contribution in [0.5, 0.6) is 0 Å². The number of H-pyrrole nitrogens is 1. The van der Waals surface area contributed by atoms with Crippen LogP contribution < -0.4 is 21.9 Å². The smallest absolute Gasteiger partial charge is 0.330 e. The molecule has 184 valence electrons. The van der Waals surface area contributed by atoms with Gasteiger partial charge in [-0.3, -0.25) is 23.9 Å². The van der Waals surface area contributed by atoms with Gasteiger partial charge in [0.15, 0.2) is 12.3 Å². The molecule has 0 fully saturated rings. The minimum atomic E-state index is -0.816. The molecular weight excluding hydrogens is 455 g/mol. The van der Waals surface area contributed by atoms with Crippen molar-refractivity contribution in [1.82, 2.24) is 9.55 Å². The Morgan fingerprint density at radius 3 is 2.34 bits per heavy atom. The van der Waals surface area contributed by atoms with E-state index in [1.807, 2.05) is 19.9 Å². The molecule has 0 atom stereocenters. The van der Waals surface area contributed by atoms with Gasteiger partial charge < -0.3 is 15.4 Å². The predicted octanol–water partition coefficient (Wildman–Crippen LogP) is 2.08. The van der Waals surface area contributed by atoms with Crippen LogP contribution in [-0.2, 0) is 27.3 Å². The SMILES string of the molecule is CC(C)CN(C(=O)COC(=O)Cc1ccc(F)cc1)c1c(N)n(Cc2ccccc2)c(=O)[nH]c1=O. The fourth-order valence-corrected chi connectivity index (χ4v) is 3.48. The first-order valence-electron chi connectivity index (χ1n) is 11.0. The number of nitrogens with zero attached hydrogens (tertiary/aromatic N) is 2. The number of ether oxygens (including phenoxy) is 1. The number of anilines is 2. The third-order valence-corrected chi connectivity index (χ3v) is 5.13. The zero-order chi connectivity index (χ0) is 25.5. The number of aromatic amines is 1. The lowest BCUT2D eigenvalue weighted by Crippen LogP contribution is -2.44. The summed E-state index contributed by atoms with van der Waals surface area (Å²) in [5, 5.41) is 0. The van der Waals surface area contributed by atoms with E-state index in [1.165, 1.54) is 28.8 Å². The van der Waals surface area contributed by atoms with Crippen LogP contribution in [-0.4, -0.2) is 34.6 Å². The second-order valence-electron chi connectivity index (χ2n) is 8.43. The highest BCUT2D eigenvalue weighted by Gasteiger charge is 2.26. The molecule has 3 rings (SSSR count). The molecule has 0 spiro atoms. The first-order chi connectivity index (χ1) is 16.7. The summed E-state index contributed by atoms with van der Waals surface area (Å²) in [6, 6.07) is 14.4. The van der Waals surface area contributed by atoms with E-state index in [9.17, 15) is 23.6 Å². The molecule has 0 saturated carbocycles. The van der Waals surface area contributed by atoms with Gasteiger partial charge in [0.05, 0.1) is 13.0 Å². The lowest BCUT2D eigenvalue weighted by molar-refractivity contribution is -0.147. The summed E-state index contributed by atoms with van der Waals surface area (Å²) in [5.74, 6) is -2.03. The molecule has 0 unspecified atom stereocenters. The highest BCUT2D eigenvalue weighted by atomic mass is 19.1. The molecule has 1 amide bonds. The topological polar surface area (TPSA) is 127 Å². The molecule has 9 nitrogen and oxygen atoms in total. The van der Waals surface area contributed by atoms with E-state index >= 15 is 0 Å². The van der Waals surface area contributed by atoms with E-state index in [1.54, 1.807) is 24.3 Å². The summed E-state index contributed by atoms with van der Waals surface area (Å²) >= 11 is 0. The molecule has 0 radical (unpaired) electrons. The number of nitrogens with one attached hydrogen (secondary N) is 1. The van der Waals surface area contributed by atoms with Crippen LogP contribution in [0.3, 0.4) is 0 Å². The molecule has 1 aromatic heterocycles. The van der Waals surface area contributed by atoms with E-state index in [2.05, 4.69) is 4.98 Å². The minimum Gasteiger partial charge on any atom is -0.455 e. The number of hydrogen-bond acceptors (Lipinski definition) is 6. The van der Waals surface area contributed by atoms with Crippen molar-refractivity contribution in [3.8, 4) is 0 Å². The fourth-order valence-electron chi connectivity index (χ4n) is 3.48. The fraction of sp³-hybridized carbons (Fsp3) is 0.280. The Morgan fingerprint density at radius 1 is 1.06 bits per heavy atom. The van der Waals surface area contributed by atoms with Gasteiger partial charge in [-0.25, -0.2) is 9.18 Å². The maximum absolute atomic E-state index is 13.0. The van der Waals surface area contributed by atoms with Crippen LogP contribution >= 0.6 is 0 Å². The second-order valence-corrected chi connectivity index (χ2v) is 8.43. The zero-order valence-corrected chi connectivity index (χ0v) is 19.5. The van der Waals surface area contributed by atoms with Crippen molar-refractivity contribution < 1.29 is 18.7 Å². The van der Waals surface area contributed by atoms with Crippen LogP contribution in [0, 0.1) is 11.7 Å². The Kier molecular flexibility index (Phi) is 8.19. The number of nitrogen functional groups attached to an aromatic ring is 1. The first kappa shape index (κ1) is 25.4. The lowest BCUT2D eigenvalue weighted by Gasteiger charge is -2.26. The Labute approximate surface area is 201 Å². The van der Waals surface area contributed by atoms with Gasteiger partial charge in [-0.2, -0.15) is 0 Å². The van der Waals surface area contributed by atoms with Gasteiger partial charge in [0.1, 0.15) is 11.6 Å². The third kappa shape index (κ3) is 6.66. The second kappa shape index (κ2) is 11.3. The number of nitrogens with two attached hydrogens (primary N) is 1. The summed E-state index contributed by atoms with van der Waals surface area (Å²) in [6.07, 6.45) is -0.150. The Hall–Kier alpha value is -4.21. The van der Waals surface area contributed by atoms with Crippen molar-refractivity contribution in [2.45, 2.75) is 26.8 Å². The van der Waals surface area contributed by atoms with Crippen LogP contribution in [0.15, 0.2) is 64.2 Å². The maximum Gasteiger partial charge on any atom is 0.330 e. The van der Waals surface area contributed by atoms with E-state index in [0.717, 1.165) is 10.5 Å². The highest BCUT2D eigenvalue weighted by molar-refractivity contribution is 5.97. The average molecular weight is 483 g/mol. The molecule has 35 heavy (non-hydrogen) atoms. The Bertz CT molecular complexity index is 1300. The van der Waals surface area contributed by atoms with Crippen molar-refractivity contribution >= 4 is 23.4 Å². The number of carbonyl (C=O) groups excluding carboxylic acids is 2. The van der Waals surface area contributed by atoms with Crippen molar-refractivity contribution in [2.24, 2.45) is 5.92 Å². The van der Waals surface area contributed by atoms with Gasteiger partial charge in [-0.05, 0) is 29.2 Å². The van der Waals surface area contributed by atoms with Crippen molar-refractivity contribution in [3.63, 3.8) is 0 Å². The van der Waals surface area contributed by atoms with Crippen molar-refractivity contribution in [3.05, 3.63) is 92.4 Å². The number of rotatable bonds is 9. The maximum atomic E-state index is 13.0. The van der Waals surface area contributed by atoms with Gasteiger partial charge in [-0.15, -0.1) is 0 Å². The van der Waals surface area contributed by atoms with Gasteiger partial charge in [-0.1, -0.05) is 56.3 Å². The van der Waals surface area contributed by atoms with Gasteiger partial charge in [0, 0.05) is 6.54 Å². The van der Waals surface area contributed by atoms with E-state index in [0.29, 0.717) is 5.56 Å². The molecule has 10 heteroatoms. The van der Waals surface area contributed by atoms with Gasteiger partial charge >= 0.3 is 11.7 Å². The predicted molar refractivity (Wildman–Crippen MR) is 130 cm³/mol. The Balaban J connectivity index is 1.83. The summed E-state index contributed by atoms with van der Waals surface area (Å²) < 4.78 is 19.3. The molecule has 3 aromatic rings. The lowest BCUT2D eigenvalue weighted by atomic mass is 10.1. The standard InChI is InChI=1S/C25H27FN4O5/c1-16(2)13-29(20(31)15-35-21(32)12-17-8-10-19(26)11-9-17)22-23(27)30(25(34)28-24(22)33)14-18-6-4-3-5-7-18/h3-11,16H,12-15,27H2,1-2H3,(H,28,33,34). The molecule has 1 heterocycles. The summed E-state index contributed by atoms with van der Waals surface area (Å²) in [6.45, 7) is 3.23. The van der Waals surface area contributed by atoms with Crippen molar-refractivity contribution in [2.75, 3.05) is 23.8 Å². The number of hydrogen-bond donors (Lipinski definition) is 2. The van der Waals surface area contributed by atoms with Crippen LogP contribution in [0.4, 0.5) is 15.9 Å². The molecule has 3 N–H and O–H groups in total. The molecule has 0 bridgehead atoms. The van der Waals surface area contributed by atoms with E-state index < -0.39 is 35.5 Å². The van der Waals surface area contributed by atoms with Crippen molar-refractivity contribution in [1.29, 1.82) is 0 Å². The molecule has 0 aliphatic carbocycles. The molecule has 0 aliphatic rings. The number of amides is 1. The van der Waals surface area contributed by atoms with E-state index in [4.69, 9.17) is 10.5 Å². The number of esters is 1. The number of carbonyl (C=O) groups is 2. The number of halogens is 1. The first-order valence-corrected chi connectivity index (χ1v) is 11.0. The quantitative estimate of drug-likeness (QED) is 0.450. The normalized spacial score (nSPS) is 10.9. The average Bonchev–Trinajstić information content (AvgIpc) is 2.81. The summed E-state index contributed by atoms with van der Waals surface area (Å²) in [5.41, 5.74) is 5.82. The van der Waals surface area contributed by atoms with E-state index in [-0.39, 0.29) is 36.9 Å². The Morgan fingerprint density at radius 2 is 1.71 bits per heavy atom. The van der Waals surface area contributed by atoms with Gasteiger partial charge in [0.2, 0.25) is 0 Å². The molecule has 0 saturated heterocycles. The summed E-state index contributed by atoms with van der Waals surface area (Å²) in [4.78, 5) is 53.8. The number of aromatic nitrogens is 2. The largest absolute Gasteiger partial charge is 0.455 e. The summed E-state index contributed by atoms with van der Waals surface area (Å²) in [7, 11) is 0. The van der Waals surface area contributed by atoms with Gasteiger partial charge in [0.25, 0.3) is 11.5 Å². The zero-order valence-electron chi connectivity index (χ0n) is 19.5. The minimum absolute atomic E-state index is 0.0674. The monoisotopic (exact) mass is 482 g/mol. The molecular formula is C25H27FN4O5.